The quantitative estimate of drug-likeness (QED) is 0.178. The Hall–Kier alpha value is -6.66. The van der Waals surface area contributed by atoms with Crippen molar-refractivity contribution in [1.82, 2.24) is 9.97 Å². The SMILES string of the molecule is Cc1ccc2nc(-c3cc(-c4ccc(-c5ccc6c(c5)C5(c7ccccc7Oc7ccccc75)c5ccccc5-6)cc4)cc(-c4nc5ccc(C)cc5s4)c3)sc2c1. The number of benzene rings is 8. The topological polar surface area (TPSA) is 35.0 Å². The van der Waals surface area contributed by atoms with Crippen molar-refractivity contribution < 1.29 is 4.74 Å². The number of hydrogen-bond donors (Lipinski definition) is 0. The zero-order valence-electron chi connectivity index (χ0n) is 31.8. The molecule has 10 aromatic rings. The van der Waals surface area contributed by atoms with Crippen molar-refractivity contribution in [2.24, 2.45) is 0 Å². The maximum Gasteiger partial charge on any atom is 0.132 e. The molecular weight excluding hydrogens is 745 g/mol. The van der Waals surface area contributed by atoms with E-state index in [-0.39, 0.29) is 0 Å². The molecule has 8 aromatic carbocycles. The van der Waals surface area contributed by atoms with Crippen LogP contribution < -0.4 is 4.74 Å². The van der Waals surface area contributed by atoms with Crippen LogP contribution in [0.5, 0.6) is 11.5 Å². The summed E-state index contributed by atoms with van der Waals surface area (Å²) in [5.74, 6) is 1.81. The van der Waals surface area contributed by atoms with E-state index >= 15 is 0 Å². The standard InChI is InChI=1S/C53H34N2OS2/c1-31-15-23-45-49(25-31)57-51(54-45)37-27-36(28-38(29-37)52-55-46-24-16-32(2)26-50(46)58-52)34-19-17-33(18-20-34)35-21-22-40-39-9-3-4-10-41(39)53(44(40)30-35)42-11-5-7-13-47(42)56-48-14-8-6-12-43(48)53/h3-30H,1-2H3. The number of rotatable bonds is 4. The third kappa shape index (κ3) is 5.03. The van der Waals surface area contributed by atoms with Crippen molar-refractivity contribution in [2.45, 2.75) is 19.3 Å². The van der Waals surface area contributed by atoms with E-state index in [9.17, 15) is 0 Å². The van der Waals surface area contributed by atoms with E-state index in [1.165, 1.54) is 65.0 Å². The van der Waals surface area contributed by atoms with Crippen LogP contribution in [0.4, 0.5) is 0 Å². The average molecular weight is 779 g/mol. The number of aromatic nitrogens is 2. The van der Waals surface area contributed by atoms with Crippen LogP contribution in [0.15, 0.2) is 170 Å². The molecule has 0 atom stereocenters. The third-order valence-corrected chi connectivity index (χ3v) is 14.0. The van der Waals surface area contributed by atoms with Gasteiger partial charge >= 0.3 is 0 Å². The molecule has 0 amide bonds. The van der Waals surface area contributed by atoms with Gasteiger partial charge in [0.05, 0.1) is 25.8 Å². The average Bonchev–Trinajstić information content (AvgIpc) is 3.97. The molecule has 5 heteroatoms. The second-order valence-electron chi connectivity index (χ2n) is 15.5. The summed E-state index contributed by atoms with van der Waals surface area (Å²) in [6.07, 6.45) is 0. The van der Waals surface area contributed by atoms with E-state index in [0.29, 0.717) is 0 Å². The Morgan fingerprint density at radius 1 is 0.397 bits per heavy atom. The summed E-state index contributed by atoms with van der Waals surface area (Å²) in [5.41, 5.74) is 18.4. The van der Waals surface area contributed by atoms with Gasteiger partial charge in [0.2, 0.25) is 0 Å². The Balaban J connectivity index is 0.989. The van der Waals surface area contributed by atoms with Crippen LogP contribution in [0.25, 0.3) is 75.0 Å². The highest BCUT2D eigenvalue weighted by Gasteiger charge is 2.51. The molecule has 0 radical (unpaired) electrons. The minimum absolute atomic E-state index is 0.497. The fourth-order valence-electron chi connectivity index (χ4n) is 9.24. The van der Waals surface area contributed by atoms with Crippen LogP contribution in [0.3, 0.4) is 0 Å². The van der Waals surface area contributed by atoms with Gasteiger partial charge in [-0.3, -0.25) is 0 Å². The molecule has 1 spiro atoms. The summed E-state index contributed by atoms with van der Waals surface area (Å²) in [6.45, 7) is 4.28. The lowest BCUT2D eigenvalue weighted by Gasteiger charge is -2.39. The number of hydrogen-bond acceptors (Lipinski definition) is 5. The minimum atomic E-state index is -0.497. The Labute approximate surface area is 344 Å². The Kier molecular flexibility index (Phi) is 7.31. The van der Waals surface area contributed by atoms with E-state index in [4.69, 9.17) is 14.7 Å². The maximum atomic E-state index is 6.57. The van der Waals surface area contributed by atoms with Crippen LogP contribution in [0.2, 0.25) is 0 Å². The van der Waals surface area contributed by atoms with Crippen LogP contribution >= 0.6 is 22.7 Å². The highest BCUT2D eigenvalue weighted by atomic mass is 32.1. The van der Waals surface area contributed by atoms with Crippen LogP contribution in [-0.2, 0) is 5.41 Å². The van der Waals surface area contributed by atoms with Gasteiger partial charge in [-0.2, -0.15) is 0 Å². The first-order chi connectivity index (χ1) is 28.5. The molecule has 0 N–H and O–H groups in total. The highest BCUT2D eigenvalue weighted by Crippen LogP contribution is 2.62. The predicted molar refractivity (Wildman–Crippen MR) is 241 cm³/mol. The molecule has 3 nitrogen and oxygen atoms in total. The van der Waals surface area contributed by atoms with Gasteiger partial charge in [0.25, 0.3) is 0 Å². The first-order valence-corrected chi connectivity index (χ1v) is 21.3. The van der Waals surface area contributed by atoms with E-state index < -0.39 is 5.41 Å². The lowest BCUT2D eigenvalue weighted by atomic mass is 9.66. The number of nitrogens with zero attached hydrogens (tertiary/aromatic N) is 2. The summed E-state index contributed by atoms with van der Waals surface area (Å²) in [4.78, 5) is 10.2. The number of ether oxygens (including phenoxy) is 1. The molecule has 0 fully saturated rings. The van der Waals surface area contributed by atoms with Gasteiger partial charge < -0.3 is 4.74 Å². The van der Waals surface area contributed by atoms with Crippen molar-refractivity contribution in [3.63, 3.8) is 0 Å². The van der Waals surface area contributed by atoms with Gasteiger partial charge in [0, 0.05) is 22.3 Å². The fourth-order valence-corrected chi connectivity index (χ4v) is 11.3. The molecule has 0 unspecified atom stereocenters. The van der Waals surface area contributed by atoms with Crippen LogP contribution in [0, 0.1) is 13.8 Å². The van der Waals surface area contributed by atoms with Crippen LogP contribution in [-0.4, -0.2) is 9.97 Å². The summed E-state index contributed by atoms with van der Waals surface area (Å²) in [6, 6.07) is 61.9. The minimum Gasteiger partial charge on any atom is -0.457 e. The monoisotopic (exact) mass is 778 g/mol. The molecule has 1 aliphatic carbocycles. The predicted octanol–water partition coefficient (Wildman–Crippen LogP) is 14.7. The first-order valence-electron chi connectivity index (χ1n) is 19.6. The molecule has 0 saturated heterocycles. The Morgan fingerprint density at radius 3 is 1.48 bits per heavy atom. The van der Waals surface area contributed by atoms with Crippen molar-refractivity contribution in [3.05, 3.63) is 203 Å². The Bertz CT molecular complexity index is 3160. The molecule has 0 saturated carbocycles. The van der Waals surface area contributed by atoms with E-state index in [1.807, 2.05) is 0 Å². The molecular formula is C53H34N2OS2. The second-order valence-corrected chi connectivity index (χ2v) is 17.6. The van der Waals surface area contributed by atoms with Gasteiger partial charge in [0.1, 0.15) is 21.5 Å². The summed E-state index contributed by atoms with van der Waals surface area (Å²) in [5, 5.41) is 2.03. The number of thiazole rings is 2. The van der Waals surface area contributed by atoms with Crippen molar-refractivity contribution in [1.29, 1.82) is 0 Å². The highest BCUT2D eigenvalue weighted by molar-refractivity contribution is 7.22. The van der Waals surface area contributed by atoms with Gasteiger partial charge in [-0.05, 0) is 130 Å². The largest absolute Gasteiger partial charge is 0.457 e. The number of fused-ring (bicyclic) bond motifs is 11. The number of para-hydroxylation sites is 2. The van der Waals surface area contributed by atoms with E-state index in [2.05, 4.69) is 184 Å². The molecule has 12 rings (SSSR count). The molecule has 2 aromatic heterocycles. The molecule has 1 aliphatic heterocycles. The molecule has 3 heterocycles. The first kappa shape index (κ1) is 33.5. The van der Waals surface area contributed by atoms with E-state index in [1.54, 1.807) is 22.7 Å². The lowest BCUT2D eigenvalue weighted by Crippen LogP contribution is -2.32. The summed E-state index contributed by atoms with van der Waals surface area (Å²) >= 11 is 3.50. The van der Waals surface area contributed by atoms with Crippen molar-refractivity contribution >= 4 is 43.1 Å². The summed E-state index contributed by atoms with van der Waals surface area (Å²) in [7, 11) is 0. The second kappa shape index (κ2) is 12.7. The number of aryl methyl sites for hydroxylation is 2. The van der Waals surface area contributed by atoms with Gasteiger partial charge in [0.15, 0.2) is 0 Å². The normalized spacial score (nSPS) is 13.3. The van der Waals surface area contributed by atoms with Crippen LogP contribution in [0.1, 0.15) is 33.4 Å². The zero-order valence-corrected chi connectivity index (χ0v) is 33.4. The van der Waals surface area contributed by atoms with Crippen molar-refractivity contribution in [2.75, 3.05) is 0 Å². The van der Waals surface area contributed by atoms with E-state index in [0.717, 1.165) is 54.8 Å². The van der Waals surface area contributed by atoms with Gasteiger partial charge in [-0.25, -0.2) is 9.97 Å². The zero-order chi connectivity index (χ0) is 38.5. The molecule has 2 aliphatic rings. The fraction of sp³-hybridized carbons (Fsp3) is 0.0566. The van der Waals surface area contributed by atoms with Gasteiger partial charge in [-0.1, -0.05) is 109 Å². The Morgan fingerprint density at radius 2 is 0.879 bits per heavy atom. The van der Waals surface area contributed by atoms with Gasteiger partial charge in [-0.15, -0.1) is 22.7 Å². The lowest BCUT2D eigenvalue weighted by molar-refractivity contribution is 0.436. The maximum absolute atomic E-state index is 6.57. The molecule has 274 valence electrons. The smallest absolute Gasteiger partial charge is 0.132 e. The molecule has 58 heavy (non-hydrogen) atoms. The molecule has 0 bridgehead atoms. The summed E-state index contributed by atoms with van der Waals surface area (Å²) < 4.78 is 8.98. The third-order valence-electron chi connectivity index (χ3n) is 11.9. The van der Waals surface area contributed by atoms with Crippen molar-refractivity contribution in [3.8, 4) is 66.0 Å².